The first-order valence-electron chi connectivity index (χ1n) is 7.91. The molecule has 6 heteroatoms. The van der Waals surface area contributed by atoms with Gasteiger partial charge in [0, 0.05) is 10.9 Å². The lowest BCUT2D eigenvalue weighted by molar-refractivity contribution is 0.0315. The fraction of sp³-hybridized carbons (Fsp3) is 0.150. The molecule has 0 amide bonds. The minimum Gasteiger partial charge on any atom is -0.497 e. The highest BCUT2D eigenvalue weighted by atomic mass is 16.5. The van der Waals surface area contributed by atoms with Crippen LogP contribution in [0.1, 0.15) is 27.6 Å². The normalized spacial score (nSPS) is 11.8. The monoisotopic (exact) mass is 352 g/mol. The van der Waals surface area contributed by atoms with Crippen LogP contribution < -0.4 is 10.4 Å². The van der Waals surface area contributed by atoms with Gasteiger partial charge in [-0.3, -0.25) is 4.79 Å². The molecule has 6 nitrogen and oxygen atoms in total. The summed E-state index contributed by atoms with van der Waals surface area (Å²) >= 11 is 0. The van der Waals surface area contributed by atoms with E-state index in [1.165, 1.54) is 20.1 Å². The van der Waals surface area contributed by atoms with E-state index in [1.807, 2.05) is 0 Å². The lowest BCUT2D eigenvalue weighted by Crippen LogP contribution is -2.27. The van der Waals surface area contributed by atoms with Gasteiger partial charge in [0.25, 0.3) is 0 Å². The number of rotatable bonds is 5. The first-order chi connectivity index (χ1) is 12.5. The van der Waals surface area contributed by atoms with E-state index in [9.17, 15) is 14.4 Å². The number of para-hydroxylation sites is 1. The summed E-state index contributed by atoms with van der Waals surface area (Å²) in [4.78, 5) is 36.7. The predicted molar refractivity (Wildman–Crippen MR) is 94.7 cm³/mol. The Balaban J connectivity index is 1.79. The second-order valence-electron chi connectivity index (χ2n) is 5.63. The van der Waals surface area contributed by atoms with E-state index in [0.29, 0.717) is 22.3 Å². The second kappa shape index (κ2) is 7.23. The van der Waals surface area contributed by atoms with E-state index >= 15 is 0 Å². The van der Waals surface area contributed by atoms with Crippen molar-refractivity contribution in [1.82, 2.24) is 0 Å². The molecule has 0 aliphatic rings. The van der Waals surface area contributed by atoms with Crippen LogP contribution in [-0.4, -0.2) is 25.0 Å². The SMILES string of the molecule is COc1ccc(C(=O)[C@H](C)OC(=O)c2cc3ccccc3oc2=O)cc1. The fourth-order valence-corrected chi connectivity index (χ4v) is 2.47. The zero-order valence-electron chi connectivity index (χ0n) is 14.2. The third-order valence-corrected chi connectivity index (χ3v) is 3.89. The van der Waals surface area contributed by atoms with Crippen LogP contribution in [0.3, 0.4) is 0 Å². The molecule has 2 aromatic carbocycles. The summed E-state index contributed by atoms with van der Waals surface area (Å²) in [6, 6.07) is 14.6. The fourth-order valence-electron chi connectivity index (χ4n) is 2.47. The Labute approximate surface area is 149 Å². The molecule has 0 fully saturated rings. The molecule has 26 heavy (non-hydrogen) atoms. The number of hydrogen-bond acceptors (Lipinski definition) is 6. The highest BCUT2D eigenvalue weighted by Crippen LogP contribution is 2.16. The van der Waals surface area contributed by atoms with Gasteiger partial charge >= 0.3 is 11.6 Å². The van der Waals surface area contributed by atoms with Crippen LogP contribution in [0, 0.1) is 0 Å². The number of carbonyl (C=O) groups excluding carboxylic acids is 2. The van der Waals surface area contributed by atoms with Gasteiger partial charge in [0.1, 0.15) is 16.9 Å². The van der Waals surface area contributed by atoms with E-state index in [2.05, 4.69) is 0 Å². The number of fused-ring (bicyclic) bond motifs is 1. The van der Waals surface area contributed by atoms with Crippen LogP contribution in [0.25, 0.3) is 11.0 Å². The van der Waals surface area contributed by atoms with Crippen LogP contribution in [0.15, 0.2) is 63.8 Å². The van der Waals surface area contributed by atoms with Crippen LogP contribution in [0.4, 0.5) is 0 Å². The molecule has 3 rings (SSSR count). The van der Waals surface area contributed by atoms with Crippen LogP contribution in [0.2, 0.25) is 0 Å². The van der Waals surface area contributed by atoms with Gasteiger partial charge in [-0.1, -0.05) is 18.2 Å². The summed E-state index contributed by atoms with van der Waals surface area (Å²) in [5.41, 5.74) is -0.316. The van der Waals surface area contributed by atoms with E-state index in [4.69, 9.17) is 13.9 Å². The van der Waals surface area contributed by atoms with Crippen molar-refractivity contribution in [2.45, 2.75) is 13.0 Å². The van der Waals surface area contributed by atoms with Gasteiger partial charge < -0.3 is 13.9 Å². The molecule has 0 unspecified atom stereocenters. The van der Waals surface area contributed by atoms with E-state index < -0.39 is 17.7 Å². The third-order valence-electron chi connectivity index (χ3n) is 3.89. The van der Waals surface area contributed by atoms with Gasteiger partial charge in [-0.25, -0.2) is 9.59 Å². The van der Waals surface area contributed by atoms with Crippen LogP contribution >= 0.6 is 0 Å². The molecule has 0 bridgehead atoms. The largest absolute Gasteiger partial charge is 0.497 e. The quantitative estimate of drug-likeness (QED) is 0.398. The molecule has 0 aliphatic carbocycles. The zero-order chi connectivity index (χ0) is 18.7. The first-order valence-corrected chi connectivity index (χ1v) is 7.91. The average molecular weight is 352 g/mol. The summed E-state index contributed by atoms with van der Waals surface area (Å²) in [6.45, 7) is 1.45. The van der Waals surface area contributed by atoms with Gasteiger partial charge in [0.15, 0.2) is 6.10 Å². The third kappa shape index (κ3) is 3.49. The molecule has 1 atom stereocenters. The minimum absolute atomic E-state index is 0.252. The Hall–Kier alpha value is -3.41. The molecular weight excluding hydrogens is 336 g/mol. The Kier molecular flexibility index (Phi) is 4.84. The molecule has 132 valence electrons. The number of benzene rings is 2. The van der Waals surface area contributed by atoms with Crippen LogP contribution in [-0.2, 0) is 4.74 Å². The molecular formula is C20H16O6. The smallest absolute Gasteiger partial charge is 0.351 e. The van der Waals surface area contributed by atoms with Crippen molar-refractivity contribution < 1.29 is 23.5 Å². The van der Waals surface area contributed by atoms with Crippen molar-refractivity contribution in [3.8, 4) is 5.75 Å². The highest BCUT2D eigenvalue weighted by molar-refractivity contribution is 6.01. The number of carbonyl (C=O) groups is 2. The Bertz CT molecular complexity index is 1020. The topological polar surface area (TPSA) is 82.8 Å². The molecule has 0 saturated heterocycles. The molecule has 0 radical (unpaired) electrons. The van der Waals surface area contributed by atoms with E-state index in [-0.39, 0.29) is 11.3 Å². The summed E-state index contributed by atoms with van der Waals surface area (Å²) in [5.74, 6) is -0.676. The van der Waals surface area contributed by atoms with Gasteiger partial charge in [0.05, 0.1) is 7.11 Å². The van der Waals surface area contributed by atoms with Gasteiger partial charge in [-0.2, -0.15) is 0 Å². The maximum Gasteiger partial charge on any atom is 0.351 e. The summed E-state index contributed by atoms with van der Waals surface area (Å²) in [6.07, 6.45) is -1.05. The van der Waals surface area contributed by atoms with Crippen molar-refractivity contribution in [1.29, 1.82) is 0 Å². The van der Waals surface area contributed by atoms with Crippen molar-refractivity contribution >= 4 is 22.7 Å². The number of Topliss-reactive ketones (excluding diaryl/α,β-unsaturated/α-hetero) is 1. The first kappa shape index (κ1) is 17.4. The van der Waals surface area contributed by atoms with E-state index in [1.54, 1.807) is 48.5 Å². The highest BCUT2D eigenvalue weighted by Gasteiger charge is 2.23. The molecule has 1 aromatic heterocycles. The number of ketones is 1. The Morgan fingerprint density at radius 3 is 2.42 bits per heavy atom. The van der Waals surface area contributed by atoms with Gasteiger partial charge in [-0.05, 0) is 43.3 Å². The summed E-state index contributed by atoms with van der Waals surface area (Å²) in [5, 5.41) is 0.591. The van der Waals surface area contributed by atoms with E-state index in [0.717, 1.165) is 0 Å². The van der Waals surface area contributed by atoms with Gasteiger partial charge in [0.2, 0.25) is 5.78 Å². The average Bonchev–Trinajstić information content (AvgIpc) is 2.66. The Morgan fingerprint density at radius 2 is 1.73 bits per heavy atom. The number of esters is 1. The van der Waals surface area contributed by atoms with Crippen molar-refractivity contribution in [3.05, 3.63) is 76.1 Å². The molecule has 0 saturated carbocycles. The molecule has 3 aromatic rings. The number of ether oxygens (including phenoxy) is 2. The maximum atomic E-state index is 12.4. The minimum atomic E-state index is -1.05. The zero-order valence-corrected chi connectivity index (χ0v) is 14.2. The molecule has 0 spiro atoms. The molecule has 1 heterocycles. The standard InChI is InChI=1S/C20H16O6/c1-12(18(21)13-7-9-15(24-2)10-8-13)25-19(22)16-11-14-5-3-4-6-17(14)26-20(16)23/h3-12H,1-2H3/t12-/m0/s1. The molecule has 0 N–H and O–H groups in total. The molecule has 0 aliphatic heterocycles. The summed E-state index contributed by atoms with van der Waals surface area (Å²) in [7, 11) is 1.52. The summed E-state index contributed by atoms with van der Waals surface area (Å²) < 4.78 is 15.3. The lowest BCUT2D eigenvalue weighted by Gasteiger charge is -2.12. The van der Waals surface area contributed by atoms with Crippen molar-refractivity contribution in [2.24, 2.45) is 0 Å². The Morgan fingerprint density at radius 1 is 1.04 bits per heavy atom. The van der Waals surface area contributed by atoms with Crippen molar-refractivity contribution in [2.75, 3.05) is 7.11 Å². The number of methoxy groups -OCH3 is 1. The second-order valence-corrected chi connectivity index (χ2v) is 5.63. The van der Waals surface area contributed by atoms with Crippen molar-refractivity contribution in [3.63, 3.8) is 0 Å². The lowest BCUT2D eigenvalue weighted by atomic mass is 10.1. The number of hydrogen-bond donors (Lipinski definition) is 0. The maximum absolute atomic E-state index is 12.4. The van der Waals surface area contributed by atoms with Gasteiger partial charge in [-0.15, -0.1) is 0 Å². The predicted octanol–water partition coefficient (Wildman–Crippen LogP) is 3.23. The van der Waals surface area contributed by atoms with Crippen LogP contribution in [0.5, 0.6) is 5.75 Å².